The molecule has 1 fully saturated rings. The van der Waals surface area contributed by atoms with Crippen LogP contribution in [0.4, 0.5) is 0 Å². The van der Waals surface area contributed by atoms with Crippen LogP contribution in [0, 0.1) is 5.92 Å². The van der Waals surface area contributed by atoms with E-state index >= 15 is 0 Å². The first-order chi connectivity index (χ1) is 11.0. The van der Waals surface area contributed by atoms with E-state index in [1.807, 2.05) is 25.1 Å². The second-order valence-electron chi connectivity index (χ2n) is 5.73. The molecule has 126 valence electrons. The fourth-order valence-corrected chi connectivity index (χ4v) is 2.90. The standard InChI is InChI=1S/C17H23ClN2O3/c1-3-20-12-13(11-16(20)21)17(22)19(2)9-6-10-23-15-8-5-4-7-14(15)18/h4-5,7-8,13H,3,6,9-12H2,1-2H3/t13-/m0/s1. The molecule has 0 aromatic heterocycles. The van der Waals surface area contributed by atoms with Crippen molar-refractivity contribution < 1.29 is 14.3 Å². The minimum absolute atomic E-state index is 0.0343. The summed E-state index contributed by atoms with van der Waals surface area (Å²) < 4.78 is 5.61. The van der Waals surface area contributed by atoms with Gasteiger partial charge in [-0.3, -0.25) is 9.59 Å². The average Bonchev–Trinajstić information content (AvgIpc) is 2.93. The van der Waals surface area contributed by atoms with E-state index in [-0.39, 0.29) is 17.7 Å². The lowest BCUT2D eigenvalue weighted by atomic mass is 10.1. The van der Waals surface area contributed by atoms with E-state index in [0.717, 1.165) is 0 Å². The van der Waals surface area contributed by atoms with Gasteiger partial charge in [-0.2, -0.15) is 0 Å². The molecule has 0 aliphatic carbocycles. The highest BCUT2D eigenvalue weighted by atomic mass is 35.5. The van der Waals surface area contributed by atoms with Crippen LogP contribution in [0.2, 0.25) is 5.02 Å². The van der Waals surface area contributed by atoms with Gasteiger partial charge in [-0.1, -0.05) is 23.7 Å². The molecule has 0 unspecified atom stereocenters. The monoisotopic (exact) mass is 338 g/mol. The van der Waals surface area contributed by atoms with Gasteiger partial charge in [0.05, 0.1) is 17.5 Å². The molecule has 23 heavy (non-hydrogen) atoms. The molecule has 5 nitrogen and oxygen atoms in total. The molecule has 1 saturated heterocycles. The minimum Gasteiger partial charge on any atom is -0.492 e. The first kappa shape index (κ1) is 17.6. The zero-order valence-corrected chi connectivity index (χ0v) is 14.4. The number of likely N-dealkylation sites (tertiary alicyclic amines) is 1. The number of carbonyl (C=O) groups excluding carboxylic acids is 2. The molecule has 2 amide bonds. The lowest BCUT2D eigenvalue weighted by molar-refractivity contribution is -0.134. The summed E-state index contributed by atoms with van der Waals surface area (Å²) in [5, 5.41) is 0.584. The molecule has 6 heteroatoms. The molecule has 0 spiro atoms. The second kappa shape index (κ2) is 8.20. The number of nitrogens with zero attached hydrogens (tertiary/aromatic N) is 2. The Morgan fingerprint density at radius 3 is 2.83 bits per heavy atom. The van der Waals surface area contributed by atoms with Crippen LogP contribution in [0.15, 0.2) is 24.3 Å². The van der Waals surface area contributed by atoms with Crippen LogP contribution in [-0.4, -0.2) is 54.9 Å². The number of hydrogen-bond donors (Lipinski definition) is 0. The predicted molar refractivity (Wildman–Crippen MR) is 89.6 cm³/mol. The van der Waals surface area contributed by atoms with Gasteiger partial charge in [-0.15, -0.1) is 0 Å². The molecule has 1 aliphatic rings. The summed E-state index contributed by atoms with van der Waals surface area (Å²) in [5.74, 6) is 0.549. The normalized spacial score (nSPS) is 17.4. The summed E-state index contributed by atoms with van der Waals surface area (Å²) in [4.78, 5) is 27.5. The van der Waals surface area contributed by atoms with Gasteiger partial charge in [0.25, 0.3) is 0 Å². The molecular weight excluding hydrogens is 316 g/mol. The van der Waals surface area contributed by atoms with Crippen LogP contribution in [0.5, 0.6) is 5.75 Å². The van der Waals surface area contributed by atoms with Gasteiger partial charge in [0, 0.05) is 33.1 Å². The summed E-state index contributed by atoms with van der Waals surface area (Å²) in [6.07, 6.45) is 1.04. The number of carbonyl (C=O) groups is 2. The summed E-state index contributed by atoms with van der Waals surface area (Å²) in [5.41, 5.74) is 0. The summed E-state index contributed by atoms with van der Waals surface area (Å²) >= 11 is 6.02. The largest absolute Gasteiger partial charge is 0.492 e. The van der Waals surface area contributed by atoms with Crippen molar-refractivity contribution in [2.75, 3.05) is 33.3 Å². The Morgan fingerprint density at radius 1 is 1.43 bits per heavy atom. The Labute approximate surface area is 142 Å². The molecule has 1 aliphatic heterocycles. The van der Waals surface area contributed by atoms with Crippen molar-refractivity contribution in [2.45, 2.75) is 19.8 Å². The highest BCUT2D eigenvalue weighted by Gasteiger charge is 2.34. The van der Waals surface area contributed by atoms with Gasteiger partial charge in [0.1, 0.15) is 5.75 Å². The smallest absolute Gasteiger partial charge is 0.227 e. The predicted octanol–water partition coefficient (Wildman–Crippen LogP) is 2.44. The van der Waals surface area contributed by atoms with Crippen LogP contribution in [0.3, 0.4) is 0 Å². The Bertz CT molecular complexity index is 565. The number of ether oxygens (including phenoxy) is 1. The zero-order valence-electron chi connectivity index (χ0n) is 13.6. The summed E-state index contributed by atoms with van der Waals surface area (Å²) in [7, 11) is 1.77. The van der Waals surface area contributed by atoms with Crippen molar-refractivity contribution >= 4 is 23.4 Å². The molecule has 1 aromatic rings. The van der Waals surface area contributed by atoms with Crippen LogP contribution in [-0.2, 0) is 9.59 Å². The fraction of sp³-hybridized carbons (Fsp3) is 0.529. The molecule has 0 saturated carbocycles. The van der Waals surface area contributed by atoms with Crippen LogP contribution in [0.1, 0.15) is 19.8 Å². The maximum atomic E-state index is 12.4. The number of para-hydroxylation sites is 1. The molecule has 0 N–H and O–H groups in total. The van der Waals surface area contributed by atoms with E-state index in [2.05, 4.69) is 0 Å². The maximum Gasteiger partial charge on any atom is 0.227 e. The number of rotatable bonds is 7. The highest BCUT2D eigenvalue weighted by molar-refractivity contribution is 6.32. The van der Waals surface area contributed by atoms with E-state index < -0.39 is 0 Å². The molecule has 1 heterocycles. The first-order valence-corrected chi connectivity index (χ1v) is 8.30. The molecule has 1 atom stereocenters. The lowest BCUT2D eigenvalue weighted by Crippen LogP contribution is -2.35. The Balaban J connectivity index is 1.72. The Morgan fingerprint density at radius 2 is 2.17 bits per heavy atom. The maximum absolute atomic E-state index is 12.4. The van der Waals surface area contributed by atoms with Gasteiger partial charge >= 0.3 is 0 Å². The van der Waals surface area contributed by atoms with Crippen molar-refractivity contribution in [3.8, 4) is 5.75 Å². The molecule has 1 aromatic carbocycles. The van der Waals surface area contributed by atoms with Crippen LogP contribution >= 0.6 is 11.6 Å². The quantitative estimate of drug-likeness (QED) is 0.717. The number of amides is 2. The molecule has 0 radical (unpaired) electrons. The van der Waals surface area contributed by atoms with Crippen molar-refractivity contribution in [1.82, 2.24) is 9.80 Å². The third kappa shape index (κ3) is 4.61. The summed E-state index contributed by atoms with van der Waals surface area (Å²) in [6.45, 7) is 4.22. The van der Waals surface area contributed by atoms with Gasteiger partial charge < -0.3 is 14.5 Å². The topological polar surface area (TPSA) is 49.9 Å². The Kier molecular flexibility index (Phi) is 6.28. The number of halogens is 1. The number of hydrogen-bond acceptors (Lipinski definition) is 3. The van der Waals surface area contributed by atoms with Gasteiger partial charge in [-0.05, 0) is 25.5 Å². The van der Waals surface area contributed by atoms with Crippen molar-refractivity contribution in [3.05, 3.63) is 29.3 Å². The molecule has 2 rings (SSSR count). The second-order valence-corrected chi connectivity index (χ2v) is 6.13. The van der Waals surface area contributed by atoms with E-state index in [1.165, 1.54) is 0 Å². The molecular formula is C17H23ClN2O3. The minimum atomic E-state index is -0.211. The Hall–Kier alpha value is -1.75. The fourth-order valence-electron chi connectivity index (χ4n) is 2.71. The zero-order chi connectivity index (χ0) is 16.8. The van der Waals surface area contributed by atoms with Crippen molar-refractivity contribution in [3.63, 3.8) is 0 Å². The van der Waals surface area contributed by atoms with Gasteiger partial charge in [0.15, 0.2) is 0 Å². The van der Waals surface area contributed by atoms with Gasteiger partial charge in [0.2, 0.25) is 11.8 Å². The van der Waals surface area contributed by atoms with E-state index in [0.29, 0.717) is 49.9 Å². The van der Waals surface area contributed by atoms with E-state index in [9.17, 15) is 9.59 Å². The third-order valence-electron chi connectivity index (χ3n) is 4.05. The third-order valence-corrected chi connectivity index (χ3v) is 4.37. The SMILES string of the molecule is CCN1C[C@@H](C(=O)N(C)CCCOc2ccccc2Cl)CC1=O. The number of benzene rings is 1. The lowest BCUT2D eigenvalue weighted by Gasteiger charge is -2.21. The highest BCUT2D eigenvalue weighted by Crippen LogP contribution is 2.23. The summed E-state index contributed by atoms with van der Waals surface area (Å²) in [6, 6.07) is 7.32. The van der Waals surface area contributed by atoms with Gasteiger partial charge in [-0.25, -0.2) is 0 Å². The molecule has 0 bridgehead atoms. The van der Waals surface area contributed by atoms with E-state index in [1.54, 1.807) is 22.9 Å². The van der Waals surface area contributed by atoms with E-state index in [4.69, 9.17) is 16.3 Å². The van der Waals surface area contributed by atoms with Crippen molar-refractivity contribution in [2.24, 2.45) is 5.92 Å². The van der Waals surface area contributed by atoms with Crippen LogP contribution in [0.25, 0.3) is 0 Å². The first-order valence-electron chi connectivity index (χ1n) is 7.93. The average molecular weight is 339 g/mol. The van der Waals surface area contributed by atoms with Crippen molar-refractivity contribution in [1.29, 1.82) is 0 Å². The van der Waals surface area contributed by atoms with Crippen LogP contribution < -0.4 is 4.74 Å².